The Labute approximate surface area is 136 Å². The maximum Gasteiger partial charge on any atom is 0.342 e. The van der Waals surface area contributed by atoms with Crippen molar-refractivity contribution >= 4 is 13.5 Å². The van der Waals surface area contributed by atoms with Crippen LogP contribution in [0.3, 0.4) is 0 Å². The van der Waals surface area contributed by atoms with Crippen LogP contribution >= 0.6 is 7.52 Å². The molecule has 7 nitrogen and oxygen atoms in total. The molecule has 1 aromatic carbocycles. The molecule has 2 atom stereocenters. The summed E-state index contributed by atoms with van der Waals surface area (Å²) in [5.41, 5.74) is 0.374. The van der Waals surface area contributed by atoms with Crippen molar-refractivity contribution in [2.24, 2.45) is 0 Å². The second-order valence-corrected chi connectivity index (χ2v) is 7.20. The molecule has 0 fully saturated rings. The fourth-order valence-corrected chi connectivity index (χ4v) is 3.40. The van der Waals surface area contributed by atoms with Gasteiger partial charge in [0.2, 0.25) is 0 Å². The van der Waals surface area contributed by atoms with Gasteiger partial charge < -0.3 is 14.0 Å². The number of nitrogens with zero attached hydrogens (tertiary/aromatic N) is 1. The lowest BCUT2D eigenvalue weighted by Gasteiger charge is -2.23. The van der Waals surface area contributed by atoms with E-state index in [1.807, 2.05) is 6.07 Å². The highest BCUT2D eigenvalue weighted by Crippen LogP contribution is 2.43. The molecule has 0 bridgehead atoms. The molecule has 1 aromatic rings. The fourth-order valence-electron chi connectivity index (χ4n) is 1.73. The molecule has 0 heterocycles. The van der Waals surface area contributed by atoms with Crippen molar-refractivity contribution in [3.8, 4) is 11.8 Å². The maximum absolute atomic E-state index is 12.8. The van der Waals surface area contributed by atoms with Gasteiger partial charge in [-0.05, 0) is 39.0 Å². The lowest BCUT2D eigenvalue weighted by atomic mass is 10.2. The number of esters is 1. The standard InChI is InChI=1S/C15H21N2O5P/c1-11(2)21-15(18)12(3)17-23(19,10-20-4)22-14-7-5-6-13(8-14)9-16/h5-8,11-12H,10H2,1-4H3,(H,17,19)/t12-,23?/m0/s1. The molecule has 0 aromatic heterocycles. The van der Waals surface area contributed by atoms with Gasteiger partial charge in [0.15, 0.2) is 0 Å². The van der Waals surface area contributed by atoms with Gasteiger partial charge in [-0.25, -0.2) is 5.09 Å². The average Bonchev–Trinajstić information content (AvgIpc) is 2.46. The van der Waals surface area contributed by atoms with E-state index in [-0.39, 0.29) is 18.2 Å². The van der Waals surface area contributed by atoms with Crippen molar-refractivity contribution in [1.29, 1.82) is 5.26 Å². The van der Waals surface area contributed by atoms with Gasteiger partial charge in [0.05, 0.1) is 17.7 Å². The van der Waals surface area contributed by atoms with E-state index < -0.39 is 19.5 Å². The molecule has 0 aliphatic rings. The minimum atomic E-state index is -3.51. The summed E-state index contributed by atoms with van der Waals surface area (Å²) in [6, 6.07) is 7.38. The number of benzene rings is 1. The normalized spacial score (nSPS) is 14.6. The van der Waals surface area contributed by atoms with E-state index in [1.165, 1.54) is 20.1 Å². The third-order valence-corrected chi connectivity index (χ3v) is 4.50. The number of carbonyl (C=O) groups is 1. The number of rotatable bonds is 8. The first-order valence-electron chi connectivity index (χ1n) is 7.05. The SMILES string of the molecule is COCP(=O)(N[C@@H](C)C(=O)OC(C)C)Oc1cccc(C#N)c1. The van der Waals surface area contributed by atoms with Crippen LogP contribution in [-0.2, 0) is 18.8 Å². The Bertz CT molecular complexity index is 627. The summed E-state index contributed by atoms with van der Waals surface area (Å²) >= 11 is 0. The zero-order chi connectivity index (χ0) is 17.5. The van der Waals surface area contributed by atoms with Gasteiger partial charge >= 0.3 is 13.5 Å². The van der Waals surface area contributed by atoms with Gasteiger partial charge in [-0.1, -0.05) is 6.07 Å². The predicted octanol–water partition coefficient (Wildman–Crippen LogP) is 2.66. The van der Waals surface area contributed by atoms with Crippen LogP contribution in [0.1, 0.15) is 26.3 Å². The van der Waals surface area contributed by atoms with Crippen LogP contribution in [0.15, 0.2) is 24.3 Å². The number of ether oxygens (including phenoxy) is 2. The Morgan fingerprint density at radius 3 is 2.65 bits per heavy atom. The summed E-state index contributed by atoms with van der Waals surface area (Å²) in [5, 5.41) is 11.5. The molecule has 0 amide bonds. The van der Waals surface area contributed by atoms with Crippen LogP contribution in [0.2, 0.25) is 0 Å². The largest absolute Gasteiger partial charge is 0.462 e. The molecule has 0 aliphatic carbocycles. The minimum absolute atomic E-state index is 0.233. The topological polar surface area (TPSA) is 97.7 Å². The van der Waals surface area contributed by atoms with Gasteiger partial charge in [0, 0.05) is 7.11 Å². The smallest absolute Gasteiger partial charge is 0.342 e. The monoisotopic (exact) mass is 340 g/mol. The molecular weight excluding hydrogens is 319 g/mol. The summed E-state index contributed by atoms with van der Waals surface area (Å²) in [6.45, 7) is 4.98. The molecule has 23 heavy (non-hydrogen) atoms. The zero-order valence-corrected chi connectivity index (χ0v) is 14.5. The molecule has 1 rings (SSSR count). The van der Waals surface area contributed by atoms with Crippen LogP contribution in [-0.4, -0.2) is 31.6 Å². The van der Waals surface area contributed by atoms with Gasteiger partial charge in [0.1, 0.15) is 18.1 Å². The van der Waals surface area contributed by atoms with Gasteiger partial charge in [-0.2, -0.15) is 5.26 Å². The molecular formula is C15H21N2O5P. The molecule has 1 unspecified atom stereocenters. The molecule has 0 saturated carbocycles. The summed E-state index contributed by atoms with van der Waals surface area (Å²) in [6.07, 6.45) is -0.509. The van der Waals surface area contributed by atoms with E-state index in [1.54, 1.807) is 32.0 Å². The Morgan fingerprint density at radius 1 is 1.39 bits per heavy atom. The highest BCUT2D eigenvalue weighted by atomic mass is 31.2. The van der Waals surface area contributed by atoms with Crippen molar-refractivity contribution in [3.63, 3.8) is 0 Å². The second-order valence-electron chi connectivity index (χ2n) is 5.16. The Kier molecular flexibility index (Phi) is 7.24. The van der Waals surface area contributed by atoms with E-state index in [9.17, 15) is 9.36 Å². The fraction of sp³-hybridized carbons (Fsp3) is 0.467. The first kappa shape index (κ1) is 19.2. The zero-order valence-electron chi connectivity index (χ0n) is 13.6. The summed E-state index contributed by atoms with van der Waals surface area (Å²) in [5.74, 6) is -0.285. The van der Waals surface area contributed by atoms with Crippen molar-refractivity contribution in [3.05, 3.63) is 29.8 Å². The van der Waals surface area contributed by atoms with Crippen LogP contribution in [0.4, 0.5) is 0 Å². The number of nitrogens with one attached hydrogen (secondary N) is 1. The van der Waals surface area contributed by atoms with E-state index in [4.69, 9.17) is 19.3 Å². The second kappa shape index (κ2) is 8.68. The Hall–Kier alpha value is -1.87. The van der Waals surface area contributed by atoms with Crippen molar-refractivity contribution < 1.29 is 23.4 Å². The van der Waals surface area contributed by atoms with Crippen LogP contribution in [0, 0.1) is 11.3 Å². The molecule has 0 saturated heterocycles. The average molecular weight is 340 g/mol. The minimum Gasteiger partial charge on any atom is -0.462 e. The third kappa shape index (κ3) is 6.41. The van der Waals surface area contributed by atoms with Crippen molar-refractivity contribution in [2.45, 2.75) is 32.9 Å². The number of methoxy groups -OCH3 is 1. The molecule has 0 radical (unpaired) electrons. The highest BCUT2D eigenvalue weighted by Gasteiger charge is 2.30. The number of carbonyl (C=O) groups excluding carboxylic acids is 1. The van der Waals surface area contributed by atoms with E-state index in [0.29, 0.717) is 5.56 Å². The van der Waals surface area contributed by atoms with Crippen LogP contribution < -0.4 is 9.61 Å². The van der Waals surface area contributed by atoms with Crippen molar-refractivity contribution in [2.75, 3.05) is 13.5 Å². The highest BCUT2D eigenvalue weighted by molar-refractivity contribution is 7.57. The molecule has 8 heteroatoms. The number of hydrogen-bond acceptors (Lipinski definition) is 6. The molecule has 1 N–H and O–H groups in total. The third-order valence-electron chi connectivity index (χ3n) is 2.61. The molecule has 0 spiro atoms. The quantitative estimate of drug-likeness (QED) is 0.574. The van der Waals surface area contributed by atoms with Crippen LogP contribution in [0.5, 0.6) is 5.75 Å². The van der Waals surface area contributed by atoms with Gasteiger partial charge in [-0.15, -0.1) is 0 Å². The first-order chi connectivity index (χ1) is 10.8. The van der Waals surface area contributed by atoms with E-state index in [0.717, 1.165) is 0 Å². The Balaban J connectivity index is 2.87. The lowest BCUT2D eigenvalue weighted by Crippen LogP contribution is -2.36. The molecule has 126 valence electrons. The summed E-state index contributed by atoms with van der Waals surface area (Å²) in [4.78, 5) is 11.8. The lowest BCUT2D eigenvalue weighted by molar-refractivity contribution is -0.149. The van der Waals surface area contributed by atoms with Crippen LogP contribution in [0.25, 0.3) is 0 Å². The van der Waals surface area contributed by atoms with E-state index >= 15 is 0 Å². The summed E-state index contributed by atoms with van der Waals surface area (Å²) < 4.78 is 28.3. The van der Waals surface area contributed by atoms with Gasteiger partial charge in [-0.3, -0.25) is 9.36 Å². The van der Waals surface area contributed by atoms with E-state index in [2.05, 4.69) is 5.09 Å². The summed E-state index contributed by atoms with van der Waals surface area (Å²) in [7, 11) is -2.13. The number of hydrogen-bond donors (Lipinski definition) is 1. The van der Waals surface area contributed by atoms with Crippen molar-refractivity contribution in [1.82, 2.24) is 5.09 Å². The molecule has 0 aliphatic heterocycles. The van der Waals surface area contributed by atoms with Gasteiger partial charge in [0.25, 0.3) is 0 Å². The Morgan fingerprint density at radius 2 is 2.09 bits per heavy atom. The predicted molar refractivity (Wildman–Crippen MR) is 85.1 cm³/mol. The number of nitriles is 1. The maximum atomic E-state index is 12.8. The first-order valence-corrected chi connectivity index (χ1v) is 8.86.